The van der Waals surface area contributed by atoms with Gasteiger partial charge in [-0.3, -0.25) is 0 Å². The van der Waals surface area contributed by atoms with Gasteiger partial charge in [-0.15, -0.1) is 0 Å². The summed E-state index contributed by atoms with van der Waals surface area (Å²) >= 11 is 5.72. The van der Waals surface area contributed by atoms with Gasteiger partial charge in [0.05, 0.1) is 16.8 Å². The molecule has 0 bridgehead atoms. The number of rotatable bonds is 3. The van der Waals surface area contributed by atoms with Gasteiger partial charge in [-0.25, -0.2) is 9.78 Å². The molecule has 0 unspecified atom stereocenters. The topological polar surface area (TPSA) is 59.4 Å². The number of aryl methyl sites for hydroxylation is 1. The fraction of sp³-hybridized carbons (Fsp3) is 0.0769. The number of carboxylic acids is 1. The molecule has 4 nitrogen and oxygen atoms in total. The SMILES string of the molecule is Cc1ccc(Oc2cc(C(=O)O)c(Cl)cn2)cc1. The Labute approximate surface area is 109 Å². The van der Waals surface area contributed by atoms with Crippen LogP contribution in [-0.4, -0.2) is 16.1 Å². The van der Waals surface area contributed by atoms with Crippen LogP contribution < -0.4 is 4.74 Å². The fourth-order valence-electron chi connectivity index (χ4n) is 1.37. The third kappa shape index (κ3) is 2.78. The molecule has 5 heteroatoms. The first-order valence-corrected chi connectivity index (χ1v) is 5.57. The predicted molar refractivity (Wildman–Crippen MR) is 67.5 cm³/mol. The summed E-state index contributed by atoms with van der Waals surface area (Å²) in [5.41, 5.74) is 1.08. The molecule has 0 aliphatic rings. The summed E-state index contributed by atoms with van der Waals surface area (Å²) in [6.07, 6.45) is 1.26. The first kappa shape index (κ1) is 12.4. The van der Waals surface area contributed by atoms with Crippen molar-refractivity contribution in [2.75, 3.05) is 0 Å². The smallest absolute Gasteiger partial charge is 0.337 e. The van der Waals surface area contributed by atoms with E-state index in [1.54, 1.807) is 12.1 Å². The number of pyridine rings is 1. The van der Waals surface area contributed by atoms with Gasteiger partial charge in [0.25, 0.3) is 0 Å². The summed E-state index contributed by atoms with van der Waals surface area (Å²) in [5.74, 6) is -0.330. The van der Waals surface area contributed by atoms with Crippen molar-refractivity contribution in [3.8, 4) is 11.6 Å². The van der Waals surface area contributed by atoms with Gasteiger partial charge in [-0.2, -0.15) is 0 Å². The standard InChI is InChI=1S/C13H10ClNO3/c1-8-2-4-9(5-3-8)18-12-6-10(13(16)17)11(14)7-15-12/h2-7H,1H3,(H,16,17). The van der Waals surface area contributed by atoms with Crippen LogP contribution in [0.15, 0.2) is 36.5 Å². The molecule has 0 aliphatic heterocycles. The number of ether oxygens (including phenoxy) is 1. The second kappa shape index (κ2) is 5.06. The van der Waals surface area contributed by atoms with Crippen LogP contribution in [0.3, 0.4) is 0 Å². The van der Waals surface area contributed by atoms with Crippen molar-refractivity contribution in [2.45, 2.75) is 6.92 Å². The minimum Gasteiger partial charge on any atom is -0.478 e. The first-order valence-electron chi connectivity index (χ1n) is 5.19. The van der Waals surface area contributed by atoms with E-state index in [4.69, 9.17) is 21.4 Å². The predicted octanol–water partition coefficient (Wildman–Crippen LogP) is 3.53. The summed E-state index contributed by atoms with van der Waals surface area (Å²) < 4.78 is 5.45. The normalized spacial score (nSPS) is 10.1. The molecule has 92 valence electrons. The van der Waals surface area contributed by atoms with Gasteiger partial charge in [0.2, 0.25) is 5.88 Å². The van der Waals surface area contributed by atoms with E-state index in [1.807, 2.05) is 19.1 Å². The Morgan fingerprint density at radius 3 is 2.61 bits per heavy atom. The summed E-state index contributed by atoms with van der Waals surface area (Å²) in [5, 5.41) is 9.01. The maximum absolute atomic E-state index is 10.9. The molecule has 2 aromatic rings. The van der Waals surface area contributed by atoms with Gasteiger partial charge in [0, 0.05) is 6.07 Å². The zero-order valence-corrected chi connectivity index (χ0v) is 10.3. The van der Waals surface area contributed by atoms with Gasteiger partial charge < -0.3 is 9.84 Å². The number of carbonyl (C=O) groups is 1. The number of benzene rings is 1. The molecule has 0 amide bonds. The van der Waals surface area contributed by atoms with E-state index in [1.165, 1.54) is 12.3 Å². The van der Waals surface area contributed by atoms with E-state index in [2.05, 4.69) is 4.98 Å². The maximum Gasteiger partial charge on any atom is 0.337 e. The number of aromatic carboxylic acids is 1. The van der Waals surface area contributed by atoms with Crippen LogP contribution in [-0.2, 0) is 0 Å². The number of carboxylic acid groups (broad SMARTS) is 1. The highest BCUT2D eigenvalue weighted by Gasteiger charge is 2.11. The second-order valence-electron chi connectivity index (χ2n) is 3.72. The molecule has 0 fully saturated rings. The third-order valence-electron chi connectivity index (χ3n) is 2.30. The van der Waals surface area contributed by atoms with Crippen LogP contribution in [0.25, 0.3) is 0 Å². The number of hydrogen-bond donors (Lipinski definition) is 1. The first-order chi connectivity index (χ1) is 8.56. The molecule has 0 atom stereocenters. The Morgan fingerprint density at radius 2 is 2.00 bits per heavy atom. The number of nitrogens with zero attached hydrogens (tertiary/aromatic N) is 1. The van der Waals surface area contributed by atoms with Gasteiger partial charge in [0.1, 0.15) is 5.75 Å². The molecular formula is C13H10ClNO3. The highest BCUT2D eigenvalue weighted by molar-refractivity contribution is 6.33. The lowest BCUT2D eigenvalue weighted by atomic mass is 10.2. The van der Waals surface area contributed by atoms with Crippen LogP contribution in [0.4, 0.5) is 0 Å². The summed E-state index contributed by atoms with van der Waals surface area (Å²) in [7, 11) is 0. The molecule has 0 saturated carbocycles. The highest BCUT2D eigenvalue weighted by Crippen LogP contribution is 2.24. The van der Waals surface area contributed by atoms with Crippen LogP contribution in [0.5, 0.6) is 11.6 Å². The molecule has 0 spiro atoms. The molecule has 1 N–H and O–H groups in total. The highest BCUT2D eigenvalue weighted by atomic mass is 35.5. The molecule has 18 heavy (non-hydrogen) atoms. The average Bonchev–Trinajstić information content (AvgIpc) is 2.34. The minimum atomic E-state index is -1.11. The van der Waals surface area contributed by atoms with Crippen molar-refractivity contribution in [1.29, 1.82) is 0 Å². The van der Waals surface area contributed by atoms with E-state index in [9.17, 15) is 4.79 Å². The van der Waals surface area contributed by atoms with Crippen molar-refractivity contribution >= 4 is 17.6 Å². The summed E-state index contributed by atoms with van der Waals surface area (Å²) in [6.45, 7) is 1.97. The zero-order valence-electron chi connectivity index (χ0n) is 9.55. The third-order valence-corrected chi connectivity index (χ3v) is 2.61. The van der Waals surface area contributed by atoms with Gasteiger partial charge in [0.15, 0.2) is 0 Å². The second-order valence-corrected chi connectivity index (χ2v) is 4.13. The number of aromatic nitrogens is 1. The largest absolute Gasteiger partial charge is 0.478 e. The zero-order chi connectivity index (χ0) is 13.1. The average molecular weight is 264 g/mol. The number of hydrogen-bond acceptors (Lipinski definition) is 3. The lowest BCUT2D eigenvalue weighted by molar-refractivity contribution is 0.0696. The maximum atomic E-state index is 10.9. The Morgan fingerprint density at radius 1 is 1.33 bits per heavy atom. The van der Waals surface area contributed by atoms with Crippen LogP contribution in [0, 0.1) is 6.92 Å². The Balaban J connectivity index is 2.27. The lowest BCUT2D eigenvalue weighted by Crippen LogP contribution is -1.99. The molecule has 0 radical (unpaired) electrons. The van der Waals surface area contributed by atoms with E-state index in [0.29, 0.717) is 5.75 Å². The lowest BCUT2D eigenvalue weighted by Gasteiger charge is -2.06. The molecule has 0 saturated heterocycles. The Hall–Kier alpha value is -2.07. The van der Waals surface area contributed by atoms with E-state index >= 15 is 0 Å². The van der Waals surface area contributed by atoms with Gasteiger partial charge in [-0.05, 0) is 19.1 Å². The van der Waals surface area contributed by atoms with Crippen LogP contribution in [0.2, 0.25) is 5.02 Å². The van der Waals surface area contributed by atoms with Crippen molar-refractivity contribution < 1.29 is 14.6 Å². The minimum absolute atomic E-state index is 0.0335. The van der Waals surface area contributed by atoms with Crippen molar-refractivity contribution in [1.82, 2.24) is 4.98 Å². The summed E-state index contributed by atoms with van der Waals surface area (Å²) in [4.78, 5) is 14.8. The molecule has 0 aliphatic carbocycles. The van der Waals surface area contributed by atoms with E-state index in [-0.39, 0.29) is 16.5 Å². The Kier molecular flexibility index (Phi) is 3.48. The molecule has 1 heterocycles. The van der Waals surface area contributed by atoms with E-state index in [0.717, 1.165) is 5.56 Å². The quantitative estimate of drug-likeness (QED) is 0.920. The van der Waals surface area contributed by atoms with Crippen molar-refractivity contribution in [3.05, 3.63) is 52.7 Å². The van der Waals surface area contributed by atoms with Crippen LogP contribution in [0.1, 0.15) is 15.9 Å². The van der Waals surface area contributed by atoms with Gasteiger partial charge >= 0.3 is 5.97 Å². The Bertz CT molecular complexity index is 581. The molecule has 2 rings (SSSR count). The molecule has 1 aromatic heterocycles. The van der Waals surface area contributed by atoms with Crippen molar-refractivity contribution in [3.63, 3.8) is 0 Å². The van der Waals surface area contributed by atoms with Crippen LogP contribution >= 0.6 is 11.6 Å². The van der Waals surface area contributed by atoms with E-state index < -0.39 is 5.97 Å². The number of halogens is 1. The summed E-state index contributed by atoms with van der Waals surface area (Å²) in [6, 6.07) is 8.65. The van der Waals surface area contributed by atoms with Crippen molar-refractivity contribution in [2.24, 2.45) is 0 Å². The fourth-order valence-corrected chi connectivity index (χ4v) is 1.55. The molecule has 1 aromatic carbocycles. The molecular weight excluding hydrogens is 254 g/mol. The van der Waals surface area contributed by atoms with Gasteiger partial charge in [-0.1, -0.05) is 29.3 Å². The monoisotopic (exact) mass is 263 g/mol.